The van der Waals surface area contributed by atoms with Gasteiger partial charge < -0.3 is 21.4 Å². The van der Waals surface area contributed by atoms with Crippen LogP contribution in [0.5, 0.6) is 0 Å². The number of hydrogen-bond acceptors (Lipinski definition) is 4. The first-order valence-electron chi connectivity index (χ1n) is 5.81. The number of amides is 2. The Balaban J connectivity index is 2.00. The van der Waals surface area contributed by atoms with Crippen molar-refractivity contribution in [3.05, 3.63) is 24.0 Å². The van der Waals surface area contributed by atoms with Crippen molar-refractivity contribution in [2.24, 2.45) is 5.73 Å². The minimum absolute atomic E-state index is 0.101. The number of fused-ring (bicyclic) bond motifs is 1. The molecule has 0 fully saturated rings. The quantitative estimate of drug-likeness (QED) is 0.614. The van der Waals surface area contributed by atoms with Crippen LogP contribution in [0.15, 0.2) is 18.2 Å². The second-order valence-corrected chi connectivity index (χ2v) is 4.08. The summed E-state index contributed by atoms with van der Waals surface area (Å²) in [5.41, 5.74) is 7.45. The van der Waals surface area contributed by atoms with Gasteiger partial charge in [-0.3, -0.25) is 9.59 Å². The average Bonchev–Trinajstić information content (AvgIpc) is 2.75. The minimum atomic E-state index is -0.366. The van der Waals surface area contributed by atoms with Crippen molar-refractivity contribution in [1.29, 1.82) is 0 Å². The van der Waals surface area contributed by atoms with Crippen molar-refractivity contribution in [2.75, 3.05) is 18.4 Å². The van der Waals surface area contributed by atoms with E-state index in [4.69, 9.17) is 5.73 Å². The van der Waals surface area contributed by atoms with E-state index in [1.807, 2.05) is 13.0 Å². The van der Waals surface area contributed by atoms with Gasteiger partial charge in [0.1, 0.15) is 5.82 Å². The van der Waals surface area contributed by atoms with Crippen molar-refractivity contribution >= 4 is 28.5 Å². The van der Waals surface area contributed by atoms with E-state index in [-0.39, 0.29) is 24.9 Å². The van der Waals surface area contributed by atoms with Crippen LogP contribution in [0, 0.1) is 6.92 Å². The van der Waals surface area contributed by atoms with Crippen LogP contribution in [0.4, 0.5) is 5.69 Å². The predicted molar refractivity (Wildman–Crippen MR) is 71.5 cm³/mol. The summed E-state index contributed by atoms with van der Waals surface area (Å²) in [7, 11) is 0. The molecule has 0 radical (unpaired) electrons. The first kappa shape index (κ1) is 13.0. The molecule has 0 spiro atoms. The number of benzene rings is 1. The zero-order valence-electron chi connectivity index (χ0n) is 10.5. The zero-order valence-corrected chi connectivity index (χ0v) is 10.5. The normalized spacial score (nSPS) is 10.4. The molecule has 0 bridgehead atoms. The lowest BCUT2D eigenvalue weighted by atomic mass is 10.2. The Morgan fingerprint density at radius 3 is 2.89 bits per heavy atom. The minimum Gasteiger partial charge on any atom is -0.346 e. The maximum absolute atomic E-state index is 11.6. The number of H-pyrrole nitrogens is 1. The molecular formula is C12H15N5O2. The Morgan fingerprint density at radius 2 is 2.16 bits per heavy atom. The van der Waals surface area contributed by atoms with E-state index in [9.17, 15) is 9.59 Å². The largest absolute Gasteiger partial charge is 0.346 e. The molecule has 2 aromatic rings. The van der Waals surface area contributed by atoms with Crippen LogP contribution in [0.3, 0.4) is 0 Å². The maximum atomic E-state index is 11.6. The summed E-state index contributed by atoms with van der Waals surface area (Å²) < 4.78 is 0. The number of nitrogens with zero attached hydrogens (tertiary/aromatic N) is 1. The third-order valence-corrected chi connectivity index (χ3v) is 2.52. The molecular weight excluding hydrogens is 246 g/mol. The van der Waals surface area contributed by atoms with Crippen molar-refractivity contribution in [2.45, 2.75) is 6.92 Å². The van der Waals surface area contributed by atoms with E-state index in [0.29, 0.717) is 5.69 Å². The molecule has 0 atom stereocenters. The SMILES string of the molecule is Cc1nc2ccc(NC(=O)CNC(=O)CN)cc2[nH]1. The molecule has 7 heteroatoms. The van der Waals surface area contributed by atoms with Gasteiger partial charge in [-0.2, -0.15) is 0 Å². The fourth-order valence-electron chi connectivity index (χ4n) is 1.67. The fraction of sp³-hybridized carbons (Fsp3) is 0.250. The average molecular weight is 261 g/mol. The second kappa shape index (κ2) is 5.49. The maximum Gasteiger partial charge on any atom is 0.243 e. The van der Waals surface area contributed by atoms with Gasteiger partial charge in [-0.05, 0) is 25.1 Å². The Morgan fingerprint density at radius 1 is 1.37 bits per heavy atom. The number of aromatic amines is 1. The smallest absolute Gasteiger partial charge is 0.243 e. The summed E-state index contributed by atoms with van der Waals surface area (Å²) in [5.74, 6) is 0.140. The number of carbonyl (C=O) groups is 2. The highest BCUT2D eigenvalue weighted by Gasteiger charge is 2.06. The van der Waals surface area contributed by atoms with Gasteiger partial charge in [0.25, 0.3) is 0 Å². The van der Waals surface area contributed by atoms with Gasteiger partial charge in [0.2, 0.25) is 11.8 Å². The van der Waals surface area contributed by atoms with Gasteiger partial charge in [-0.1, -0.05) is 0 Å². The highest BCUT2D eigenvalue weighted by atomic mass is 16.2. The summed E-state index contributed by atoms with van der Waals surface area (Å²) in [5, 5.41) is 5.08. The Kier molecular flexibility index (Phi) is 3.76. The first-order chi connectivity index (χ1) is 9.08. The molecule has 0 aliphatic rings. The monoisotopic (exact) mass is 261 g/mol. The van der Waals surface area contributed by atoms with Crippen molar-refractivity contribution in [3.8, 4) is 0 Å². The zero-order chi connectivity index (χ0) is 13.8. The van der Waals surface area contributed by atoms with Crippen LogP contribution >= 0.6 is 0 Å². The van der Waals surface area contributed by atoms with Gasteiger partial charge in [-0.25, -0.2) is 4.98 Å². The lowest BCUT2D eigenvalue weighted by Crippen LogP contribution is -2.36. The Labute approximate surface area is 109 Å². The number of aryl methyl sites for hydroxylation is 1. The van der Waals surface area contributed by atoms with Crippen molar-refractivity contribution in [3.63, 3.8) is 0 Å². The van der Waals surface area contributed by atoms with E-state index in [0.717, 1.165) is 16.9 Å². The fourth-order valence-corrected chi connectivity index (χ4v) is 1.67. The van der Waals surface area contributed by atoms with Crippen LogP contribution in [0.25, 0.3) is 11.0 Å². The van der Waals surface area contributed by atoms with Crippen LogP contribution in [-0.4, -0.2) is 34.9 Å². The first-order valence-corrected chi connectivity index (χ1v) is 5.81. The van der Waals surface area contributed by atoms with E-state index in [1.165, 1.54) is 0 Å². The van der Waals surface area contributed by atoms with Crippen LogP contribution in [-0.2, 0) is 9.59 Å². The van der Waals surface area contributed by atoms with E-state index < -0.39 is 0 Å². The molecule has 0 aliphatic carbocycles. The third-order valence-electron chi connectivity index (χ3n) is 2.52. The summed E-state index contributed by atoms with van der Waals surface area (Å²) >= 11 is 0. The van der Waals surface area contributed by atoms with Crippen molar-refractivity contribution in [1.82, 2.24) is 15.3 Å². The number of imidazole rings is 1. The van der Waals surface area contributed by atoms with Gasteiger partial charge in [-0.15, -0.1) is 0 Å². The number of rotatable bonds is 4. The highest BCUT2D eigenvalue weighted by Crippen LogP contribution is 2.16. The number of nitrogens with two attached hydrogens (primary N) is 1. The van der Waals surface area contributed by atoms with Gasteiger partial charge >= 0.3 is 0 Å². The molecule has 1 aromatic heterocycles. The molecule has 100 valence electrons. The highest BCUT2D eigenvalue weighted by molar-refractivity contribution is 5.96. The molecule has 2 rings (SSSR count). The molecule has 0 saturated carbocycles. The van der Waals surface area contributed by atoms with Crippen LogP contribution in [0.2, 0.25) is 0 Å². The number of carbonyl (C=O) groups excluding carboxylic acids is 2. The molecule has 1 heterocycles. The van der Waals surface area contributed by atoms with Gasteiger partial charge in [0, 0.05) is 5.69 Å². The lowest BCUT2D eigenvalue weighted by molar-refractivity contribution is -0.123. The van der Waals surface area contributed by atoms with Crippen LogP contribution < -0.4 is 16.4 Å². The van der Waals surface area contributed by atoms with E-state index in [2.05, 4.69) is 20.6 Å². The number of nitrogens with one attached hydrogen (secondary N) is 3. The standard InChI is InChI=1S/C12H15N5O2/c1-7-15-9-3-2-8(4-10(9)16-7)17-12(19)6-14-11(18)5-13/h2-4H,5-6,13H2,1H3,(H,14,18)(H,15,16)(H,17,19). The predicted octanol–water partition coefficient (Wildman–Crippen LogP) is -0.115. The number of hydrogen-bond donors (Lipinski definition) is 4. The van der Waals surface area contributed by atoms with E-state index in [1.54, 1.807) is 12.1 Å². The Bertz CT molecular complexity index is 620. The topological polar surface area (TPSA) is 113 Å². The summed E-state index contributed by atoms with van der Waals surface area (Å²) in [4.78, 5) is 29.8. The summed E-state index contributed by atoms with van der Waals surface area (Å²) in [6.07, 6.45) is 0. The van der Waals surface area contributed by atoms with Crippen LogP contribution in [0.1, 0.15) is 5.82 Å². The molecule has 2 amide bonds. The lowest BCUT2D eigenvalue weighted by Gasteiger charge is -2.06. The molecule has 0 unspecified atom stereocenters. The van der Waals surface area contributed by atoms with Gasteiger partial charge in [0.05, 0.1) is 24.1 Å². The summed E-state index contributed by atoms with van der Waals surface area (Å²) in [6, 6.07) is 5.36. The van der Waals surface area contributed by atoms with Crippen molar-refractivity contribution < 1.29 is 9.59 Å². The number of anilines is 1. The molecule has 5 N–H and O–H groups in total. The molecule has 0 saturated heterocycles. The molecule has 0 aliphatic heterocycles. The Hall–Kier alpha value is -2.41. The second-order valence-electron chi connectivity index (χ2n) is 4.08. The van der Waals surface area contributed by atoms with E-state index >= 15 is 0 Å². The molecule has 1 aromatic carbocycles. The van der Waals surface area contributed by atoms with Gasteiger partial charge in [0.15, 0.2) is 0 Å². The molecule has 19 heavy (non-hydrogen) atoms. The number of aromatic nitrogens is 2. The summed E-state index contributed by atoms with van der Waals surface area (Å²) in [6.45, 7) is 1.63. The molecule has 7 nitrogen and oxygen atoms in total. The third kappa shape index (κ3) is 3.29.